The lowest BCUT2D eigenvalue weighted by atomic mass is 10.0. The highest BCUT2D eigenvalue weighted by Gasteiger charge is 2.19. The molecule has 0 aromatic carbocycles. The Morgan fingerprint density at radius 3 is 0.772 bits per heavy atom. The van der Waals surface area contributed by atoms with Crippen molar-refractivity contribution in [1.82, 2.24) is 0 Å². The summed E-state index contributed by atoms with van der Waals surface area (Å²) in [5.74, 6) is -0.883. The van der Waals surface area contributed by atoms with Gasteiger partial charge in [0.2, 0.25) is 0 Å². The summed E-state index contributed by atoms with van der Waals surface area (Å²) < 4.78 is 16.9. The number of hydrogen-bond acceptors (Lipinski definition) is 6. The van der Waals surface area contributed by atoms with E-state index in [1.807, 2.05) is 0 Å². The van der Waals surface area contributed by atoms with Crippen molar-refractivity contribution < 1.29 is 28.6 Å². The van der Waals surface area contributed by atoms with E-state index < -0.39 is 6.10 Å². The summed E-state index contributed by atoms with van der Waals surface area (Å²) in [5.41, 5.74) is 0. The molecular weight excluding hydrogens is 973 g/mol. The van der Waals surface area contributed by atoms with E-state index in [0.29, 0.717) is 19.3 Å². The van der Waals surface area contributed by atoms with Crippen molar-refractivity contribution in [2.45, 2.75) is 335 Å². The molecule has 0 N–H and O–H groups in total. The molecule has 6 nitrogen and oxygen atoms in total. The Kier molecular flexibility index (Phi) is 63.7. The molecule has 0 aromatic rings. The van der Waals surface area contributed by atoms with Gasteiger partial charge in [0.05, 0.1) is 0 Å². The van der Waals surface area contributed by atoms with E-state index in [0.717, 1.165) is 128 Å². The second-order valence-electron chi connectivity index (χ2n) is 22.3. The zero-order chi connectivity index (χ0) is 57.1. The molecule has 0 amide bonds. The van der Waals surface area contributed by atoms with Crippen molar-refractivity contribution in [1.29, 1.82) is 0 Å². The topological polar surface area (TPSA) is 78.9 Å². The van der Waals surface area contributed by atoms with Crippen LogP contribution in [-0.4, -0.2) is 37.2 Å². The monoisotopic (exact) mass is 1100 g/mol. The number of carbonyl (C=O) groups is 3. The smallest absolute Gasteiger partial charge is 0.306 e. The van der Waals surface area contributed by atoms with Crippen LogP contribution < -0.4 is 0 Å². The van der Waals surface area contributed by atoms with Crippen LogP contribution in [0.5, 0.6) is 0 Å². The van der Waals surface area contributed by atoms with Crippen LogP contribution in [0, 0.1) is 0 Å². The van der Waals surface area contributed by atoms with Crippen LogP contribution in [0.4, 0.5) is 0 Å². The molecule has 1 unspecified atom stereocenters. The van der Waals surface area contributed by atoms with Crippen molar-refractivity contribution in [2.24, 2.45) is 0 Å². The van der Waals surface area contributed by atoms with Crippen LogP contribution >= 0.6 is 0 Å². The lowest BCUT2D eigenvalue weighted by molar-refractivity contribution is -0.167. The summed E-state index contributed by atoms with van der Waals surface area (Å²) in [6.07, 6.45) is 90.2. The molecule has 0 bridgehead atoms. The standard InChI is InChI=1S/C73H126O6/c1-4-7-10-13-16-19-22-24-26-27-28-29-30-31-32-33-34-35-36-37-38-39-40-41-42-43-44-45-47-48-51-54-57-60-63-66-72(75)78-69-70(68-77-71(74)65-62-59-56-53-50-21-18-15-12-9-6-3)79-73(76)67-64-61-58-55-52-49-46-25-23-20-17-14-11-8-5-2/h7-8,10-11,16-17,19-20,24-26,28-29,31-32,46,70H,4-6,9,12-15,18,21-23,27,30,33-45,47-69H2,1-3H3/b10-7-,11-8-,19-16-,20-17-,26-24-,29-28-,32-31-,46-25-. The minimum Gasteiger partial charge on any atom is -0.462 e. The van der Waals surface area contributed by atoms with E-state index in [1.165, 1.54) is 161 Å². The largest absolute Gasteiger partial charge is 0.462 e. The normalized spacial score (nSPS) is 12.7. The number of rotatable bonds is 61. The van der Waals surface area contributed by atoms with Crippen LogP contribution in [0.2, 0.25) is 0 Å². The zero-order valence-electron chi connectivity index (χ0n) is 52.1. The first-order chi connectivity index (χ1) is 39.0. The van der Waals surface area contributed by atoms with Gasteiger partial charge in [-0.15, -0.1) is 0 Å². The number of hydrogen-bond donors (Lipinski definition) is 0. The molecule has 79 heavy (non-hydrogen) atoms. The van der Waals surface area contributed by atoms with Gasteiger partial charge in [-0.25, -0.2) is 0 Å². The maximum atomic E-state index is 12.9. The van der Waals surface area contributed by atoms with Gasteiger partial charge in [-0.2, -0.15) is 0 Å². The summed E-state index contributed by atoms with van der Waals surface area (Å²) in [6, 6.07) is 0. The average molecular weight is 1100 g/mol. The second kappa shape index (κ2) is 66.8. The lowest BCUT2D eigenvalue weighted by Crippen LogP contribution is -2.30. The minimum absolute atomic E-state index is 0.0793. The first kappa shape index (κ1) is 75.3. The highest BCUT2D eigenvalue weighted by Crippen LogP contribution is 2.17. The highest BCUT2D eigenvalue weighted by atomic mass is 16.6. The van der Waals surface area contributed by atoms with Crippen LogP contribution in [0.3, 0.4) is 0 Å². The quantitative estimate of drug-likeness (QED) is 0.0261. The number of allylic oxidation sites excluding steroid dienone is 16. The van der Waals surface area contributed by atoms with Crippen LogP contribution in [-0.2, 0) is 28.6 Å². The minimum atomic E-state index is -0.783. The summed E-state index contributed by atoms with van der Waals surface area (Å²) >= 11 is 0. The average Bonchev–Trinajstić information content (AvgIpc) is 3.45. The first-order valence-corrected chi connectivity index (χ1v) is 33.7. The van der Waals surface area contributed by atoms with Crippen molar-refractivity contribution in [3.63, 3.8) is 0 Å². The molecule has 454 valence electrons. The van der Waals surface area contributed by atoms with E-state index in [4.69, 9.17) is 14.2 Å². The molecule has 1 atom stereocenters. The van der Waals surface area contributed by atoms with Crippen LogP contribution in [0.1, 0.15) is 329 Å². The third-order valence-corrected chi connectivity index (χ3v) is 14.6. The van der Waals surface area contributed by atoms with Gasteiger partial charge in [0, 0.05) is 19.3 Å². The molecule has 0 radical (unpaired) electrons. The highest BCUT2D eigenvalue weighted by molar-refractivity contribution is 5.71. The molecule has 0 aromatic heterocycles. The van der Waals surface area contributed by atoms with E-state index in [1.54, 1.807) is 0 Å². The Morgan fingerprint density at radius 2 is 0.494 bits per heavy atom. The van der Waals surface area contributed by atoms with Crippen molar-refractivity contribution >= 4 is 17.9 Å². The molecular formula is C73H126O6. The summed E-state index contributed by atoms with van der Waals surface area (Å²) in [4.78, 5) is 38.2. The van der Waals surface area contributed by atoms with Gasteiger partial charge in [-0.1, -0.05) is 311 Å². The molecule has 0 aliphatic carbocycles. The Bertz CT molecular complexity index is 1540. The van der Waals surface area contributed by atoms with Crippen molar-refractivity contribution in [3.8, 4) is 0 Å². The fraction of sp³-hybridized carbons (Fsp3) is 0.740. The maximum Gasteiger partial charge on any atom is 0.306 e. The number of esters is 3. The van der Waals surface area contributed by atoms with Gasteiger partial charge < -0.3 is 14.2 Å². The first-order valence-electron chi connectivity index (χ1n) is 33.7. The molecule has 6 heteroatoms. The van der Waals surface area contributed by atoms with Gasteiger partial charge >= 0.3 is 17.9 Å². The van der Waals surface area contributed by atoms with Gasteiger partial charge in [0.15, 0.2) is 6.10 Å². The molecule has 0 saturated heterocycles. The third kappa shape index (κ3) is 65.0. The molecule has 0 aliphatic heterocycles. The molecule has 0 rings (SSSR count). The lowest BCUT2D eigenvalue weighted by Gasteiger charge is -2.18. The summed E-state index contributed by atoms with van der Waals surface area (Å²) in [7, 11) is 0. The van der Waals surface area contributed by atoms with E-state index in [2.05, 4.69) is 118 Å². The Balaban J connectivity index is 4.08. The molecule has 0 spiro atoms. The predicted molar refractivity (Wildman–Crippen MR) is 344 cm³/mol. The number of carbonyl (C=O) groups excluding carboxylic acids is 3. The van der Waals surface area contributed by atoms with Crippen molar-refractivity contribution in [3.05, 3.63) is 97.2 Å². The van der Waals surface area contributed by atoms with Gasteiger partial charge in [-0.3, -0.25) is 14.4 Å². The Morgan fingerprint density at radius 1 is 0.266 bits per heavy atom. The van der Waals surface area contributed by atoms with Crippen molar-refractivity contribution in [2.75, 3.05) is 13.2 Å². The van der Waals surface area contributed by atoms with E-state index in [9.17, 15) is 14.4 Å². The number of unbranched alkanes of at least 4 members (excludes halogenated alkanes) is 34. The molecule has 0 saturated carbocycles. The van der Waals surface area contributed by atoms with Gasteiger partial charge in [0.1, 0.15) is 13.2 Å². The van der Waals surface area contributed by atoms with Crippen LogP contribution in [0.25, 0.3) is 0 Å². The fourth-order valence-electron chi connectivity index (χ4n) is 9.60. The summed E-state index contributed by atoms with van der Waals surface area (Å²) in [6.45, 7) is 6.42. The van der Waals surface area contributed by atoms with E-state index in [-0.39, 0.29) is 31.1 Å². The second-order valence-corrected chi connectivity index (χ2v) is 22.3. The van der Waals surface area contributed by atoms with Gasteiger partial charge in [0.25, 0.3) is 0 Å². The summed E-state index contributed by atoms with van der Waals surface area (Å²) in [5, 5.41) is 0. The maximum absolute atomic E-state index is 12.9. The fourth-order valence-corrected chi connectivity index (χ4v) is 9.60. The number of ether oxygens (including phenoxy) is 3. The predicted octanol–water partition coefficient (Wildman–Crippen LogP) is 23.2. The third-order valence-electron chi connectivity index (χ3n) is 14.6. The van der Waals surface area contributed by atoms with Crippen LogP contribution in [0.15, 0.2) is 97.2 Å². The Labute approximate surface area is 489 Å². The Hall–Kier alpha value is -3.67. The molecule has 0 aliphatic rings. The van der Waals surface area contributed by atoms with E-state index >= 15 is 0 Å². The zero-order valence-corrected chi connectivity index (χ0v) is 52.1. The van der Waals surface area contributed by atoms with Gasteiger partial charge in [-0.05, 0) is 96.3 Å². The molecule has 0 fully saturated rings. The molecule has 0 heterocycles. The SMILES string of the molecule is CC/C=C\C/C=C\C/C=C\C/C=C\C/C=C\CCCCCCCCCCCCCCCCCCCCCC(=O)OCC(COC(=O)CCCCCCCCCCCCC)OC(=O)CCCCCCC/C=C\C/C=C\C/C=C\CC.